The Kier molecular flexibility index (Phi) is 3.87. The number of hydrogen-bond donors (Lipinski definition) is 2. The first-order valence-corrected chi connectivity index (χ1v) is 6.63. The fourth-order valence-electron chi connectivity index (χ4n) is 2.68. The predicted molar refractivity (Wildman–Crippen MR) is 72.9 cm³/mol. The summed E-state index contributed by atoms with van der Waals surface area (Å²) in [5.41, 5.74) is 13.6. The number of carbonyl (C=O) groups excluding carboxylic acids is 2. The Morgan fingerprint density at radius 1 is 1.53 bits per heavy atom. The van der Waals surface area contributed by atoms with Gasteiger partial charge < -0.3 is 16.4 Å². The highest BCUT2D eigenvalue weighted by Crippen LogP contribution is 2.33. The standard InChI is InChI=1S/C14H21N3O2/c1-8(15)13(18)12-10-6-4-3-5-9(10)7-11(16)17(2)14(12)19/h4,6,8,11-12H,3,5,7,15-16H2,1-2H3/t8-,11?,12-/m0/s1. The zero-order chi connectivity index (χ0) is 14.2. The van der Waals surface area contributed by atoms with Gasteiger partial charge in [0.25, 0.3) is 0 Å². The smallest absolute Gasteiger partial charge is 0.238 e. The van der Waals surface area contributed by atoms with Crippen molar-refractivity contribution in [3.8, 4) is 0 Å². The Labute approximate surface area is 113 Å². The Morgan fingerprint density at radius 3 is 2.84 bits per heavy atom. The third kappa shape index (κ3) is 2.48. The Balaban J connectivity index is 2.48. The molecule has 4 N–H and O–H groups in total. The molecule has 0 aromatic rings. The van der Waals surface area contributed by atoms with Crippen LogP contribution in [0.4, 0.5) is 0 Å². The van der Waals surface area contributed by atoms with E-state index in [4.69, 9.17) is 11.5 Å². The lowest BCUT2D eigenvalue weighted by molar-refractivity contribution is -0.140. The van der Waals surface area contributed by atoms with Crippen LogP contribution >= 0.6 is 0 Å². The van der Waals surface area contributed by atoms with E-state index in [0.29, 0.717) is 6.42 Å². The number of carbonyl (C=O) groups is 2. The average molecular weight is 263 g/mol. The van der Waals surface area contributed by atoms with Crippen LogP contribution in [0.1, 0.15) is 26.2 Å². The van der Waals surface area contributed by atoms with Gasteiger partial charge in [0.2, 0.25) is 5.91 Å². The molecule has 1 unspecified atom stereocenters. The predicted octanol–water partition coefficient (Wildman–Crippen LogP) is 0.312. The second-order valence-corrected chi connectivity index (χ2v) is 5.34. The van der Waals surface area contributed by atoms with Gasteiger partial charge in [-0.05, 0) is 25.3 Å². The molecule has 5 heteroatoms. The molecule has 104 valence electrons. The lowest BCUT2D eigenvalue weighted by atomic mass is 9.83. The maximum atomic E-state index is 12.5. The van der Waals surface area contributed by atoms with Gasteiger partial charge in [0.05, 0.1) is 12.2 Å². The number of amides is 1. The van der Waals surface area contributed by atoms with Gasteiger partial charge in [-0.15, -0.1) is 0 Å². The number of Topliss-reactive ketones (excluding diaryl/α,β-unsaturated/α-hetero) is 1. The van der Waals surface area contributed by atoms with Gasteiger partial charge in [-0.2, -0.15) is 0 Å². The summed E-state index contributed by atoms with van der Waals surface area (Å²) in [6.45, 7) is 1.62. The Hall–Kier alpha value is -1.46. The molecule has 0 fully saturated rings. The molecule has 0 saturated carbocycles. The fourth-order valence-corrected chi connectivity index (χ4v) is 2.68. The van der Waals surface area contributed by atoms with E-state index in [2.05, 4.69) is 0 Å². The van der Waals surface area contributed by atoms with E-state index in [9.17, 15) is 9.59 Å². The largest absolute Gasteiger partial charge is 0.329 e. The first-order valence-electron chi connectivity index (χ1n) is 6.63. The van der Waals surface area contributed by atoms with Gasteiger partial charge >= 0.3 is 0 Å². The lowest BCUT2D eigenvalue weighted by Crippen LogP contribution is -2.48. The highest BCUT2D eigenvalue weighted by molar-refractivity contribution is 6.07. The molecule has 19 heavy (non-hydrogen) atoms. The number of allylic oxidation sites excluding steroid dienone is 2. The maximum Gasteiger partial charge on any atom is 0.238 e. The lowest BCUT2D eigenvalue weighted by Gasteiger charge is -2.25. The van der Waals surface area contributed by atoms with E-state index in [1.54, 1.807) is 14.0 Å². The third-order valence-corrected chi connectivity index (χ3v) is 3.91. The van der Waals surface area contributed by atoms with Crippen molar-refractivity contribution in [3.63, 3.8) is 0 Å². The van der Waals surface area contributed by atoms with E-state index in [1.165, 1.54) is 4.90 Å². The fraction of sp³-hybridized carbons (Fsp3) is 0.571. The van der Waals surface area contributed by atoms with Crippen LogP contribution in [-0.2, 0) is 9.59 Å². The van der Waals surface area contributed by atoms with E-state index >= 15 is 0 Å². The normalized spacial score (nSPS) is 29.1. The molecule has 0 radical (unpaired) electrons. The molecule has 5 nitrogen and oxygen atoms in total. The molecule has 0 spiro atoms. The first kappa shape index (κ1) is 14.0. The van der Waals surface area contributed by atoms with E-state index in [0.717, 1.165) is 24.0 Å². The van der Waals surface area contributed by atoms with Crippen LogP contribution in [0.3, 0.4) is 0 Å². The van der Waals surface area contributed by atoms with Gasteiger partial charge in [-0.25, -0.2) is 0 Å². The number of hydrogen-bond acceptors (Lipinski definition) is 4. The van der Waals surface area contributed by atoms with Crippen LogP contribution in [0, 0.1) is 5.92 Å². The van der Waals surface area contributed by atoms with Crippen LogP contribution in [0.25, 0.3) is 0 Å². The van der Waals surface area contributed by atoms with Crippen LogP contribution < -0.4 is 11.5 Å². The molecule has 1 aliphatic heterocycles. The van der Waals surface area contributed by atoms with Crippen molar-refractivity contribution in [3.05, 3.63) is 23.3 Å². The van der Waals surface area contributed by atoms with Crippen LogP contribution in [0.15, 0.2) is 23.3 Å². The van der Waals surface area contributed by atoms with E-state index < -0.39 is 12.0 Å². The van der Waals surface area contributed by atoms with Crippen molar-refractivity contribution < 1.29 is 9.59 Å². The summed E-state index contributed by atoms with van der Waals surface area (Å²) in [4.78, 5) is 26.2. The minimum absolute atomic E-state index is 0.231. The number of ketones is 1. The van der Waals surface area contributed by atoms with E-state index in [1.807, 2.05) is 12.2 Å². The topological polar surface area (TPSA) is 89.4 Å². The molecule has 1 aliphatic carbocycles. The molecule has 0 aromatic carbocycles. The molecule has 0 aromatic heterocycles. The maximum absolute atomic E-state index is 12.5. The number of nitrogens with zero attached hydrogens (tertiary/aromatic N) is 1. The van der Waals surface area contributed by atoms with Gasteiger partial charge in [0, 0.05) is 13.5 Å². The molecule has 0 bridgehead atoms. The van der Waals surface area contributed by atoms with Gasteiger partial charge in [-0.3, -0.25) is 9.59 Å². The second kappa shape index (κ2) is 5.27. The monoisotopic (exact) mass is 263 g/mol. The van der Waals surface area contributed by atoms with Crippen molar-refractivity contribution in [1.82, 2.24) is 4.90 Å². The van der Waals surface area contributed by atoms with Gasteiger partial charge in [0.15, 0.2) is 5.78 Å². The molecule has 1 amide bonds. The Morgan fingerprint density at radius 2 is 2.21 bits per heavy atom. The van der Waals surface area contributed by atoms with Crippen molar-refractivity contribution in [2.75, 3.05) is 7.05 Å². The van der Waals surface area contributed by atoms with Crippen LogP contribution in [-0.4, -0.2) is 35.8 Å². The number of nitrogens with two attached hydrogens (primary N) is 2. The quantitative estimate of drug-likeness (QED) is 0.702. The minimum Gasteiger partial charge on any atom is -0.329 e. The zero-order valence-corrected chi connectivity index (χ0v) is 11.4. The molecule has 2 rings (SSSR count). The number of rotatable bonds is 2. The molecular formula is C14H21N3O2. The summed E-state index contributed by atoms with van der Waals surface area (Å²) in [6, 6.07) is -0.652. The summed E-state index contributed by atoms with van der Waals surface area (Å²) in [5.74, 6) is -1.26. The molecule has 0 saturated heterocycles. The highest BCUT2D eigenvalue weighted by atomic mass is 16.2. The molecule has 2 aliphatic rings. The molecule has 1 heterocycles. The van der Waals surface area contributed by atoms with Crippen molar-refractivity contribution >= 4 is 11.7 Å². The Bertz CT molecular complexity index is 465. The van der Waals surface area contributed by atoms with Crippen LogP contribution in [0.2, 0.25) is 0 Å². The average Bonchev–Trinajstić information content (AvgIpc) is 2.47. The summed E-state index contributed by atoms with van der Waals surface area (Å²) in [7, 11) is 1.65. The highest BCUT2D eigenvalue weighted by Gasteiger charge is 2.39. The van der Waals surface area contributed by atoms with Gasteiger partial charge in [-0.1, -0.05) is 17.7 Å². The summed E-state index contributed by atoms with van der Waals surface area (Å²) in [6.07, 6.45) is 5.96. The summed E-state index contributed by atoms with van der Waals surface area (Å²) < 4.78 is 0. The summed E-state index contributed by atoms with van der Waals surface area (Å²) >= 11 is 0. The van der Waals surface area contributed by atoms with Crippen molar-refractivity contribution in [1.29, 1.82) is 0 Å². The van der Waals surface area contributed by atoms with Crippen LogP contribution in [0.5, 0.6) is 0 Å². The second-order valence-electron chi connectivity index (χ2n) is 5.34. The molecule has 3 atom stereocenters. The third-order valence-electron chi connectivity index (χ3n) is 3.91. The van der Waals surface area contributed by atoms with Crippen molar-refractivity contribution in [2.45, 2.75) is 38.4 Å². The first-order chi connectivity index (χ1) is 8.93. The van der Waals surface area contributed by atoms with Gasteiger partial charge in [0.1, 0.15) is 5.92 Å². The molecular weight excluding hydrogens is 242 g/mol. The van der Waals surface area contributed by atoms with Crippen molar-refractivity contribution in [2.24, 2.45) is 17.4 Å². The summed E-state index contributed by atoms with van der Waals surface area (Å²) in [5, 5.41) is 0. The van der Waals surface area contributed by atoms with E-state index in [-0.39, 0.29) is 17.9 Å². The SMILES string of the molecule is C[C@H](N)C(=O)[C@H]1C(=O)N(C)C(N)CC2=C1C=CCC2. The zero-order valence-electron chi connectivity index (χ0n) is 11.4. The minimum atomic E-state index is -0.787.